The standard InChI is InChI=1S/C27H19N3O4/c28-17-23(27(31)29-24-9-5-10-25(16-24)30(32)33)15-22-8-3-4-11-26(22)34-18-19-12-13-20-6-1-2-7-21(20)14-19/h1-16H,18H2,(H,29,31)/b23-15+. The van der Waals surface area contributed by atoms with Gasteiger partial charge in [-0.05, 0) is 40.6 Å². The number of nitro benzene ring substituents is 1. The van der Waals surface area contributed by atoms with Crippen molar-refractivity contribution in [2.75, 3.05) is 5.32 Å². The average molecular weight is 449 g/mol. The third-order valence-electron chi connectivity index (χ3n) is 5.11. The van der Waals surface area contributed by atoms with E-state index in [1.54, 1.807) is 18.2 Å². The normalized spacial score (nSPS) is 11.0. The van der Waals surface area contributed by atoms with Gasteiger partial charge in [-0.3, -0.25) is 14.9 Å². The van der Waals surface area contributed by atoms with Crippen molar-refractivity contribution in [1.82, 2.24) is 0 Å². The molecule has 0 bridgehead atoms. The second-order valence-corrected chi connectivity index (χ2v) is 7.44. The number of anilines is 1. The molecule has 0 heterocycles. The number of hydrogen-bond acceptors (Lipinski definition) is 5. The van der Waals surface area contributed by atoms with Crippen LogP contribution in [0.1, 0.15) is 11.1 Å². The molecule has 1 amide bonds. The second-order valence-electron chi connectivity index (χ2n) is 7.44. The molecule has 166 valence electrons. The number of rotatable bonds is 7. The van der Waals surface area contributed by atoms with Crippen LogP contribution in [0.25, 0.3) is 16.8 Å². The van der Waals surface area contributed by atoms with E-state index in [1.165, 1.54) is 30.3 Å². The number of carbonyl (C=O) groups is 1. The Balaban J connectivity index is 1.52. The highest BCUT2D eigenvalue weighted by Crippen LogP contribution is 2.24. The summed E-state index contributed by atoms with van der Waals surface area (Å²) in [4.78, 5) is 23.0. The van der Waals surface area contributed by atoms with Crippen LogP contribution in [-0.4, -0.2) is 10.8 Å². The molecule has 7 heteroatoms. The fourth-order valence-corrected chi connectivity index (χ4v) is 3.42. The lowest BCUT2D eigenvalue weighted by Gasteiger charge is -2.11. The van der Waals surface area contributed by atoms with Crippen LogP contribution in [0.4, 0.5) is 11.4 Å². The number of nitrogens with zero attached hydrogens (tertiary/aromatic N) is 2. The number of para-hydroxylation sites is 1. The van der Waals surface area contributed by atoms with Crippen molar-refractivity contribution in [2.24, 2.45) is 0 Å². The first-order valence-corrected chi connectivity index (χ1v) is 10.4. The van der Waals surface area contributed by atoms with Gasteiger partial charge in [0.2, 0.25) is 0 Å². The zero-order valence-corrected chi connectivity index (χ0v) is 18.0. The summed E-state index contributed by atoms with van der Waals surface area (Å²) in [5, 5.41) is 25.3. The van der Waals surface area contributed by atoms with Crippen molar-refractivity contribution in [3.63, 3.8) is 0 Å². The number of ether oxygens (including phenoxy) is 1. The van der Waals surface area contributed by atoms with Crippen molar-refractivity contribution in [3.8, 4) is 11.8 Å². The number of nitro groups is 1. The molecular weight excluding hydrogens is 430 g/mol. The zero-order valence-electron chi connectivity index (χ0n) is 18.0. The van der Waals surface area contributed by atoms with Crippen LogP contribution >= 0.6 is 0 Å². The van der Waals surface area contributed by atoms with Crippen molar-refractivity contribution in [1.29, 1.82) is 5.26 Å². The monoisotopic (exact) mass is 449 g/mol. The number of non-ortho nitro benzene ring substituents is 1. The van der Waals surface area contributed by atoms with Gasteiger partial charge in [0.05, 0.1) is 4.92 Å². The van der Waals surface area contributed by atoms with Gasteiger partial charge in [-0.2, -0.15) is 5.26 Å². The highest BCUT2D eigenvalue weighted by Gasteiger charge is 2.13. The quantitative estimate of drug-likeness (QED) is 0.164. The Morgan fingerprint density at radius 1 is 0.971 bits per heavy atom. The predicted octanol–water partition coefficient (Wildman–Crippen LogP) is 5.87. The first kappa shape index (κ1) is 22.2. The van der Waals surface area contributed by atoms with Crippen LogP contribution in [0.15, 0.2) is 96.6 Å². The molecule has 0 unspecified atom stereocenters. The summed E-state index contributed by atoms with van der Waals surface area (Å²) < 4.78 is 6.00. The molecule has 34 heavy (non-hydrogen) atoms. The third kappa shape index (κ3) is 5.26. The number of nitrogens with one attached hydrogen (secondary N) is 1. The summed E-state index contributed by atoms with van der Waals surface area (Å²) in [7, 11) is 0. The Hall–Kier alpha value is -4.96. The molecule has 0 aliphatic carbocycles. The van der Waals surface area contributed by atoms with E-state index in [1.807, 2.05) is 48.5 Å². The Labute approximate surface area is 195 Å². The number of nitriles is 1. The molecule has 0 saturated carbocycles. The second kappa shape index (κ2) is 10.1. The molecule has 0 spiro atoms. The van der Waals surface area contributed by atoms with Gasteiger partial charge in [0.15, 0.2) is 0 Å². The fourth-order valence-electron chi connectivity index (χ4n) is 3.42. The molecule has 4 rings (SSSR count). The zero-order chi connectivity index (χ0) is 23.9. The van der Waals surface area contributed by atoms with Crippen LogP contribution in [0.3, 0.4) is 0 Å². The van der Waals surface area contributed by atoms with Gasteiger partial charge in [-0.25, -0.2) is 0 Å². The van der Waals surface area contributed by atoms with E-state index >= 15 is 0 Å². The highest BCUT2D eigenvalue weighted by molar-refractivity contribution is 6.10. The van der Waals surface area contributed by atoms with Gasteiger partial charge in [0.1, 0.15) is 24.0 Å². The lowest BCUT2D eigenvalue weighted by atomic mass is 10.1. The highest BCUT2D eigenvalue weighted by atomic mass is 16.6. The Morgan fingerprint density at radius 3 is 2.53 bits per heavy atom. The summed E-state index contributed by atoms with van der Waals surface area (Å²) in [6.07, 6.45) is 1.43. The molecular formula is C27H19N3O4. The molecule has 0 aromatic heterocycles. The largest absolute Gasteiger partial charge is 0.488 e. The smallest absolute Gasteiger partial charge is 0.271 e. The maximum absolute atomic E-state index is 12.6. The van der Waals surface area contributed by atoms with E-state index in [2.05, 4.69) is 11.4 Å². The first-order chi connectivity index (χ1) is 16.5. The number of hydrogen-bond donors (Lipinski definition) is 1. The van der Waals surface area contributed by atoms with E-state index < -0.39 is 10.8 Å². The molecule has 0 saturated heterocycles. The van der Waals surface area contributed by atoms with Crippen molar-refractivity contribution < 1.29 is 14.5 Å². The SMILES string of the molecule is N#C/C(=C\c1ccccc1OCc1ccc2ccccc2c1)C(=O)Nc1cccc([N+](=O)[O-])c1. The van der Waals surface area contributed by atoms with Crippen molar-refractivity contribution in [3.05, 3.63) is 118 Å². The lowest BCUT2D eigenvalue weighted by molar-refractivity contribution is -0.384. The molecule has 0 atom stereocenters. The summed E-state index contributed by atoms with van der Waals surface area (Å²) in [6.45, 7) is 0.317. The van der Waals surface area contributed by atoms with Crippen LogP contribution in [0, 0.1) is 21.4 Å². The number of amides is 1. The van der Waals surface area contributed by atoms with E-state index in [4.69, 9.17) is 4.74 Å². The maximum atomic E-state index is 12.6. The van der Waals surface area contributed by atoms with Gasteiger partial charge in [-0.15, -0.1) is 0 Å². The Bertz CT molecular complexity index is 1450. The average Bonchev–Trinajstić information content (AvgIpc) is 2.86. The predicted molar refractivity (Wildman–Crippen MR) is 130 cm³/mol. The van der Waals surface area contributed by atoms with Crippen LogP contribution in [0.2, 0.25) is 0 Å². The van der Waals surface area contributed by atoms with E-state index in [0.29, 0.717) is 17.9 Å². The molecule has 0 radical (unpaired) electrons. The van der Waals surface area contributed by atoms with E-state index in [-0.39, 0.29) is 16.9 Å². The van der Waals surface area contributed by atoms with Crippen LogP contribution in [0.5, 0.6) is 5.75 Å². The minimum Gasteiger partial charge on any atom is -0.488 e. The first-order valence-electron chi connectivity index (χ1n) is 10.4. The minimum absolute atomic E-state index is 0.159. The van der Waals surface area contributed by atoms with Gasteiger partial charge in [0.25, 0.3) is 11.6 Å². The molecule has 0 aliphatic rings. The number of fused-ring (bicyclic) bond motifs is 1. The van der Waals surface area contributed by atoms with Gasteiger partial charge < -0.3 is 10.1 Å². The molecule has 0 aliphatic heterocycles. The van der Waals surface area contributed by atoms with Crippen LogP contribution < -0.4 is 10.1 Å². The van der Waals surface area contributed by atoms with Gasteiger partial charge in [0, 0.05) is 23.4 Å². The summed E-state index contributed by atoms with van der Waals surface area (Å²) >= 11 is 0. The fraction of sp³-hybridized carbons (Fsp3) is 0.0370. The molecule has 0 fully saturated rings. The Morgan fingerprint density at radius 2 is 1.74 bits per heavy atom. The maximum Gasteiger partial charge on any atom is 0.271 e. The Kier molecular flexibility index (Phi) is 6.61. The number of carbonyl (C=O) groups excluding carboxylic acids is 1. The van der Waals surface area contributed by atoms with Gasteiger partial charge >= 0.3 is 0 Å². The topological polar surface area (TPSA) is 105 Å². The molecule has 4 aromatic carbocycles. The van der Waals surface area contributed by atoms with Gasteiger partial charge in [-0.1, -0.05) is 60.7 Å². The lowest BCUT2D eigenvalue weighted by Crippen LogP contribution is -2.13. The minimum atomic E-state index is -0.674. The van der Waals surface area contributed by atoms with Crippen molar-refractivity contribution in [2.45, 2.75) is 6.61 Å². The summed E-state index contributed by atoms with van der Waals surface area (Å²) in [6, 6.07) is 28.6. The van der Waals surface area contributed by atoms with Crippen LogP contribution in [-0.2, 0) is 11.4 Å². The van der Waals surface area contributed by atoms with E-state index in [0.717, 1.165) is 16.3 Å². The van der Waals surface area contributed by atoms with Crippen molar-refractivity contribution >= 4 is 34.1 Å². The summed E-state index contributed by atoms with van der Waals surface area (Å²) in [5.74, 6) is -0.154. The molecule has 1 N–H and O–H groups in total. The number of benzene rings is 4. The molecule has 4 aromatic rings. The molecule has 7 nitrogen and oxygen atoms in total. The van der Waals surface area contributed by atoms with E-state index in [9.17, 15) is 20.2 Å². The third-order valence-corrected chi connectivity index (χ3v) is 5.11. The summed E-state index contributed by atoms with van der Waals surface area (Å²) in [5.41, 5.74) is 1.46.